The van der Waals surface area contributed by atoms with Crippen molar-refractivity contribution in [3.8, 4) is 0 Å². The van der Waals surface area contributed by atoms with Crippen LogP contribution < -0.4 is 11.5 Å². The third kappa shape index (κ3) is 2.26. The van der Waals surface area contributed by atoms with Crippen LogP contribution in [0.5, 0.6) is 0 Å². The van der Waals surface area contributed by atoms with Gasteiger partial charge in [0.15, 0.2) is 0 Å². The lowest BCUT2D eigenvalue weighted by atomic mass is 9.91. The quantitative estimate of drug-likeness (QED) is 0.809. The van der Waals surface area contributed by atoms with Crippen LogP contribution in [0.2, 0.25) is 5.02 Å². The molecular formula is C12H13ClFN3O. The number of hydrogen-bond donors (Lipinski definition) is 2. The number of allylic oxidation sites excluding steroid dienone is 1. The molecule has 0 aliphatic carbocycles. The standard InChI is InChI=1S/C12H13ClFN3O/c1-12(5-8(6-14)18-11(16)17-12)9-4-7(15)2-3-10(9)13/h2-5H,6,15H2,1H3,(H2,16,17)/t12-/m0/s1. The van der Waals surface area contributed by atoms with Gasteiger partial charge in [-0.05, 0) is 31.2 Å². The Morgan fingerprint density at radius 1 is 1.44 bits per heavy atom. The van der Waals surface area contributed by atoms with E-state index in [4.69, 9.17) is 27.8 Å². The molecule has 1 heterocycles. The topological polar surface area (TPSA) is 73.6 Å². The van der Waals surface area contributed by atoms with E-state index in [0.29, 0.717) is 16.3 Å². The van der Waals surface area contributed by atoms with Crippen LogP contribution in [0.15, 0.2) is 35.0 Å². The van der Waals surface area contributed by atoms with Gasteiger partial charge >= 0.3 is 0 Å². The summed E-state index contributed by atoms with van der Waals surface area (Å²) in [6.45, 7) is 1.00. The van der Waals surface area contributed by atoms with E-state index in [0.717, 1.165) is 0 Å². The number of nitrogens with zero attached hydrogens (tertiary/aromatic N) is 1. The second-order valence-electron chi connectivity index (χ2n) is 4.18. The van der Waals surface area contributed by atoms with Crippen LogP contribution in [0.25, 0.3) is 0 Å². The molecule has 1 aromatic carbocycles. The van der Waals surface area contributed by atoms with Crippen LogP contribution in [0, 0.1) is 0 Å². The highest BCUT2D eigenvalue weighted by Gasteiger charge is 2.31. The molecule has 0 spiro atoms. The Morgan fingerprint density at radius 2 is 2.17 bits per heavy atom. The van der Waals surface area contributed by atoms with Gasteiger partial charge < -0.3 is 16.2 Å². The lowest BCUT2D eigenvalue weighted by Crippen LogP contribution is -2.30. The molecule has 18 heavy (non-hydrogen) atoms. The monoisotopic (exact) mass is 269 g/mol. The average molecular weight is 270 g/mol. The van der Waals surface area contributed by atoms with E-state index in [1.54, 1.807) is 31.2 Å². The predicted octanol–water partition coefficient (Wildman–Crippen LogP) is 2.34. The molecule has 6 heteroatoms. The Kier molecular flexibility index (Phi) is 3.17. The normalized spacial score (nSPS) is 23.1. The fourth-order valence-corrected chi connectivity index (χ4v) is 2.20. The van der Waals surface area contributed by atoms with E-state index in [-0.39, 0.29) is 11.8 Å². The van der Waals surface area contributed by atoms with Gasteiger partial charge in [0.2, 0.25) is 0 Å². The molecule has 0 saturated carbocycles. The molecule has 4 N–H and O–H groups in total. The maximum atomic E-state index is 12.7. The molecule has 0 bridgehead atoms. The van der Waals surface area contributed by atoms with Crippen molar-refractivity contribution in [3.63, 3.8) is 0 Å². The molecule has 0 aromatic heterocycles. The van der Waals surface area contributed by atoms with E-state index < -0.39 is 12.2 Å². The molecule has 0 radical (unpaired) electrons. The molecular weight excluding hydrogens is 257 g/mol. The zero-order valence-electron chi connectivity index (χ0n) is 9.78. The lowest BCUT2D eigenvalue weighted by Gasteiger charge is -2.28. The minimum absolute atomic E-state index is 0.0915. The van der Waals surface area contributed by atoms with Crippen molar-refractivity contribution in [3.05, 3.63) is 40.6 Å². The van der Waals surface area contributed by atoms with Crippen molar-refractivity contribution in [1.29, 1.82) is 0 Å². The molecule has 4 nitrogen and oxygen atoms in total. The summed E-state index contributed by atoms with van der Waals surface area (Å²) in [6.07, 6.45) is 1.55. The molecule has 1 aromatic rings. The highest BCUT2D eigenvalue weighted by atomic mass is 35.5. The maximum Gasteiger partial charge on any atom is 0.288 e. The first-order chi connectivity index (χ1) is 8.44. The third-order valence-electron chi connectivity index (χ3n) is 2.69. The first-order valence-electron chi connectivity index (χ1n) is 5.31. The van der Waals surface area contributed by atoms with Crippen LogP contribution in [-0.4, -0.2) is 12.7 Å². The summed E-state index contributed by atoms with van der Waals surface area (Å²) in [4.78, 5) is 4.17. The number of alkyl halides is 1. The van der Waals surface area contributed by atoms with E-state index in [1.165, 1.54) is 0 Å². The Morgan fingerprint density at radius 3 is 2.83 bits per heavy atom. The summed E-state index contributed by atoms with van der Waals surface area (Å²) in [5.74, 6) is 0.114. The molecule has 1 atom stereocenters. The zero-order chi connectivity index (χ0) is 13.3. The fourth-order valence-electron chi connectivity index (χ4n) is 1.90. The van der Waals surface area contributed by atoms with Crippen molar-refractivity contribution in [1.82, 2.24) is 0 Å². The highest BCUT2D eigenvalue weighted by Crippen LogP contribution is 2.36. The number of nitrogen functional groups attached to an aromatic ring is 1. The molecule has 2 rings (SSSR count). The van der Waals surface area contributed by atoms with Gasteiger partial charge in [0.1, 0.15) is 18.0 Å². The highest BCUT2D eigenvalue weighted by molar-refractivity contribution is 6.31. The van der Waals surface area contributed by atoms with Gasteiger partial charge in [-0.25, -0.2) is 9.38 Å². The van der Waals surface area contributed by atoms with E-state index >= 15 is 0 Å². The van der Waals surface area contributed by atoms with Gasteiger partial charge in [-0.1, -0.05) is 11.6 Å². The maximum absolute atomic E-state index is 12.7. The number of hydrogen-bond acceptors (Lipinski definition) is 4. The molecule has 0 fully saturated rings. The summed E-state index contributed by atoms with van der Waals surface area (Å²) >= 11 is 6.13. The summed E-state index contributed by atoms with van der Waals surface area (Å²) < 4.78 is 17.7. The van der Waals surface area contributed by atoms with Crippen LogP contribution in [0.3, 0.4) is 0 Å². The minimum atomic E-state index is -0.879. The Balaban J connectivity index is 2.56. The van der Waals surface area contributed by atoms with Gasteiger partial charge in [-0.3, -0.25) is 0 Å². The fraction of sp³-hybridized carbons (Fsp3) is 0.250. The number of ether oxygens (including phenoxy) is 1. The molecule has 1 aliphatic rings. The first-order valence-corrected chi connectivity index (χ1v) is 5.69. The molecule has 0 unspecified atom stereocenters. The van der Waals surface area contributed by atoms with Gasteiger partial charge in [0.05, 0.1) is 0 Å². The van der Waals surface area contributed by atoms with Crippen LogP contribution in [0.1, 0.15) is 12.5 Å². The van der Waals surface area contributed by atoms with E-state index in [1.807, 2.05) is 0 Å². The van der Waals surface area contributed by atoms with Gasteiger partial charge in [0.25, 0.3) is 6.02 Å². The van der Waals surface area contributed by atoms with Crippen molar-refractivity contribution in [2.45, 2.75) is 12.5 Å². The summed E-state index contributed by atoms with van der Waals surface area (Å²) in [5, 5.41) is 0.486. The van der Waals surface area contributed by atoms with Gasteiger partial charge in [0, 0.05) is 16.3 Å². The summed E-state index contributed by atoms with van der Waals surface area (Å²) in [6, 6.07) is 4.95. The first kappa shape index (κ1) is 12.7. The number of amidine groups is 1. The summed E-state index contributed by atoms with van der Waals surface area (Å²) in [5.41, 5.74) is 11.6. The molecule has 0 amide bonds. The van der Waals surface area contributed by atoms with Crippen LogP contribution >= 0.6 is 11.6 Å². The second kappa shape index (κ2) is 4.49. The van der Waals surface area contributed by atoms with E-state index in [2.05, 4.69) is 4.99 Å². The Bertz CT molecular complexity index is 544. The smallest absolute Gasteiger partial charge is 0.288 e. The number of benzene rings is 1. The molecule has 0 saturated heterocycles. The van der Waals surface area contributed by atoms with Crippen LogP contribution in [-0.2, 0) is 10.3 Å². The van der Waals surface area contributed by atoms with Gasteiger partial charge in [-0.2, -0.15) is 0 Å². The largest absolute Gasteiger partial charge is 0.428 e. The summed E-state index contributed by atoms with van der Waals surface area (Å²) in [7, 11) is 0. The van der Waals surface area contributed by atoms with Crippen molar-refractivity contribution in [2.24, 2.45) is 10.7 Å². The molecule has 96 valence electrons. The van der Waals surface area contributed by atoms with Crippen LogP contribution in [0.4, 0.5) is 10.1 Å². The van der Waals surface area contributed by atoms with Crippen molar-refractivity contribution < 1.29 is 9.13 Å². The zero-order valence-corrected chi connectivity index (χ0v) is 10.5. The van der Waals surface area contributed by atoms with Gasteiger partial charge in [-0.15, -0.1) is 0 Å². The number of nitrogens with two attached hydrogens (primary N) is 2. The predicted molar refractivity (Wildman–Crippen MR) is 70.0 cm³/mol. The number of anilines is 1. The Hall–Kier alpha value is -1.75. The van der Waals surface area contributed by atoms with Crippen molar-refractivity contribution in [2.75, 3.05) is 12.4 Å². The Labute approximate surface area is 109 Å². The average Bonchev–Trinajstić information content (AvgIpc) is 2.31. The van der Waals surface area contributed by atoms with Crippen molar-refractivity contribution >= 4 is 23.3 Å². The number of aliphatic imine (C=N–C) groups is 1. The lowest BCUT2D eigenvalue weighted by molar-refractivity contribution is 0.317. The number of rotatable bonds is 2. The second-order valence-corrected chi connectivity index (χ2v) is 4.59. The minimum Gasteiger partial charge on any atom is -0.428 e. The SMILES string of the molecule is C[C@@]1(c2cc(N)ccc2Cl)C=C(CF)OC(N)=N1. The van der Waals surface area contributed by atoms with E-state index in [9.17, 15) is 4.39 Å². The third-order valence-corrected chi connectivity index (χ3v) is 3.02. The number of halogens is 2. The molecule has 1 aliphatic heterocycles.